The van der Waals surface area contributed by atoms with Crippen molar-refractivity contribution in [2.45, 2.75) is 27.3 Å². The molecule has 6 nitrogen and oxygen atoms in total. The molecule has 28 heavy (non-hydrogen) atoms. The molecular formula is C21H21N5OS. The fraction of sp³-hybridized carbons (Fsp3) is 0.238. The summed E-state index contributed by atoms with van der Waals surface area (Å²) in [5, 5.41) is 5.05. The van der Waals surface area contributed by atoms with Crippen molar-refractivity contribution in [1.82, 2.24) is 19.7 Å². The minimum atomic E-state index is -0.156. The van der Waals surface area contributed by atoms with Crippen molar-refractivity contribution in [2.75, 3.05) is 4.90 Å². The van der Waals surface area contributed by atoms with E-state index in [4.69, 9.17) is 4.98 Å². The second-order valence-electron chi connectivity index (χ2n) is 6.96. The number of fused-ring (bicyclic) bond motifs is 1. The number of aryl methyl sites for hydroxylation is 4. The van der Waals surface area contributed by atoms with Crippen molar-refractivity contribution in [2.24, 2.45) is 7.05 Å². The molecule has 0 saturated heterocycles. The zero-order valence-corrected chi connectivity index (χ0v) is 17.1. The number of rotatable bonds is 4. The highest BCUT2D eigenvalue weighted by molar-refractivity contribution is 7.22. The van der Waals surface area contributed by atoms with E-state index in [9.17, 15) is 4.79 Å². The second kappa shape index (κ2) is 7.16. The van der Waals surface area contributed by atoms with Crippen LogP contribution < -0.4 is 4.90 Å². The number of carbonyl (C=O) groups excluding carboxylic acids is 1. The first-order chi connectivity index (χ1) is 13.4. The molecule has 0 aliphatic heterocycles. The third kappa shape index (κ3) is 3.29. The molecule has 0 fully saturated rings. The van der Waals surface area contributed by atoms with Crippen LogP contribution in [0.3, 0.4) is 0 Å². The second-order valence-corrected chi connectivity index (χ2v) is 7.94. The standard InChI is InChI=1S/C21H21N5OS/c1-13-7-8-14(2)19-17(13)23-21(28-19)26(12-16-6-5-9-22-10-16)20(27)18-15(3)11-25(4)24-18/h5-11H,12H2,1-4H3. The van der Waals surface area contributed by atoms with E-state index in [2.05, 4.69) is 29.1 Å². The van der Waals surface area contributed by atoms with Crippen LogP contribution in [0.2, 0.25) is 0 Å². The first-order valence-corrected chi connectivity index (χ1v) is 9.83. The summed E-state index contributed by atoms with van der Waals surface area (Å²) in [6, 6.07) is 7.99. The van der Waals surface area contributed by atoms with E-state index < -0.39 is 0 Å². The summed E-state index contributed by atoms with van der Waals surface area (Å²) in [6.07, 6.45) is 5.35. The summed E-state index contributed by atoms with van der Waals surface area (Å²) < 4.78 is 2.77. The Labute approximate surface area is 167 Å². The van der Waals surface area contributed by atoms with Crippen LogP contribution in [-0.2, 0) is 13.6 Å². The van der Waals surface area contributed by atoms with E-state index in [1.165, 1.54) is 0 Å². The van der Waals surface area contributed by atoms with Crippen LogP contribution in [-0.4, -0.2) is 25.7 Å². The minimum absolute atomic E-state index is 0.156. The predicted octanol–water partition coefficient (Wildman–Crippen LogP) is 4.20. The smallest absolute Gasteiger partial charge is 0.278 e. The SMILES string of the molecule is Cc1cn(C)nc1C(=O)N(Cc1cccnc1)c1nc2c(C)ccc(C)c2s1. The van der Waals surface area contributed by atoms with Crippen LogP contribution in [0.15, 0.2) is 42.9 Å². The van der Waals surface area contributed by atoms with Gasteiger partial charge in [-0.3, -0.25) is 19.4 Å². The molecule has 3 heterocycles. The lowest BCUT2D eigenvalue weighted by Crippen LogP contribution is -2.31. The molecule has 4 aromatic rings. The molecule has 0 aliphatic rings. The van der Waals surface area contributed by atoms with Crippen LogP contribution in [0.4, 0.5) is 5.13 Å². The molecule has 7 heteroatoms. The van der Waals surface area contributed by atoms with Gasteiger partial charge in [-0.15, -0.1) is 0 Å². The summed E-state index contributed by atoms with van der Waals surface area (Å²) in [6.45, 7) is 6.40. The number of carbonyl (C=O) groups is 1. The third-order valence-corrected chi connectivity index (χ3v) is 5.90. The van der Waals surface area contributed by atoms with E-state index in [-0.39, 0.29) is 5.91 Å². The zero-order chi connectivity index (χ0) is 19.8. The molecule has 0 atom stereocenters. The quantitative estimate of drug-likeness (QED) is 0.523. The van der Waals surface area contributed by atoms with Gasteiger partial charge in [0, 0.05) is 31.2 Å². The number of amides is 1. The van der Waals surface area contributed by atoms with Gasteiger partial charge in [0.2, 0.25) is 0 Å². The summed E-state index contributed by atoms with van der Waals surface area (Å²) in [5.74, 6) is -0.156. The molecule has 0 aliphatic carbocycles. The number of hydrogen-bond donors (Lipinski definition) is 0. The Morgan fingerprint density at radius 1 is 1.14 bits per heavy atom. The molecule has 0 spiro atoms. The molecular weight excluding hydrogens is 370 g/mol. The van der Waals surface area contributed by atoms with E-state index >= 15 is 0 Å². The normalized spacial score (nSPS) is 11.1. The van der Waals surface area contributed by atoms with Gasteiger partial charge in [-0.25, -0.2) is 4.98 Å². The van der Waals surface area contributed by atoms with Gasteiger partial charge < -0.3 is 0 Å². The maximum absolute atomic E-state index is 13.4. The van der Waals surface area contributed by atoms with Gasteiger partial charge in [0.15, 0.2) is 10.8 Å². The Bertz CT molecular complexity index is 1120. The highest BCUT2D eigenvalue weighted by Crippen LogP contribution is 2.34. The number of nitrogens with zero attached hydrogens (tertiary/aromatic N) is 5. The van der Waals surface area contributed by atoms with E-state index in [1.54, 1.807) is 33.3 Å². The summed E-state index contributed by atoms with van der Waals surface area (Å²) in [5.41, 5.74) is 5.44. The van der Waals surface area contributed by atoms with Crippen LogP contribution in [0.5, 0.6) is 0 Å². The van der Waals surface area contributed by atoms with Gasteiger partial charge in [-0.05, 0) is 43.5 Å². The summed E-state index contributed by atoms with van der Waals surface area (Å²) in [7, 11) is 1.82. The number of pyridine rings is 1. The molecule has 1 aromatic carbocycles. The molecule has 4 rings (SSSR count). The number of thiazole rings is 1. The van der Waals surface area contributed by atoms with Crippen LogP contribution in [0.1, 0.15) is 32.7 Å². The third-order valence-electron chi connectivity index (χ3n) is 4.68. The first-order valence-electron chi connectivity index (χ1n) is 9.02. The van der Waals surface area contributed by atoms with Crippen molar-refractivity contribution < 1.29 is 4.79 Å². The average Bonchev–Trinajstić information content (AvgIpc) is 3.27. The van der Waals surface area contributed by atoms with Gasteiger partial charge >= 0.3 is 0 Å². The Balaban J connectivity index is 1.83. The van der Waals surface area contributed by atoms with Gasteiger partial charge in [-0.1, -0.05) is 29.5 Å². The van der Waals surface area contributed by atoms with Crippen molar-refractivity contribution in [1.29, 1.82) is 0 Å². The fourth-order valence-electron chi connectivity index (χ4n) is 3.21. The Hall–Kier alpha value is -3.06. The van der Waals surface area contributed by atoms with Crippen LogP contribution in [0.25, 0.3) is 10.2 Å². The zero-order valence-electron chi connectivity index (χ0n) is 16.3. The number of aromatic nitrogens is 4. The highest BCUT2D eigenvalue weighted by Gasteiger charge is 2.26. The largest absolute Gasteiger partial charge is 0.281 e. The van der Waals surface area contributed by atoms with E-state index in [0.29, 0.717) is 17.4 Å². The van der Waals surface area contributed by atoms with Gasteiger partial charge in [0.25, 0.3) is 5.91 Å². The molecule has 0 unspecified atom stereocenters. The molecule has 0 radical (unpaired) electrons. The Morgan fingerprint density at radius 2 is 1.93 bits per heavy atom. The van der Waals surface area contributed by atoms with E-state index in [0.717, 1.165) is 32.5 Å². The Morgan fingerprint density at radius 3 is 2.57 bits per heavy atom. The molecule has 0 bridgehead atoms. The Kier molecular flexibility index (Phi) is 4.68. The molecule has 0 saturated carbocycles. The van der Waals surface area contributed by atoms with Crippen molar-refractivity contribution in [3.05, 3.63) is 70.8 Å². The number of hydrogen-bond acceptors (Lipinski definition) is 5. The van der Waals surface area contributed by atoms with Crippen molar-refractivity contribution in [3.8, 4) is 0 Å². The number of benzene rings is 1. The minimum Gasteiger partial charge on any atom is -0.278 e. The van der Waals surface area contributed by atoms with Gasteiger partial charge in [0.05, 0.1) is 16.8 Å². The van der Waals surface area contributed by atoms with E-state index in [1.807, 2.05) is 39.2 Å². The lowest BCUT2D eigenvalue weighted by Gasteiger charge is -2.19. The lowest BCUT2D eigenvalue weighted by molar-refractivity contribution is 0.0979. The topological polar surface area (TPSA) is 63.9 Å². The lowest BCUT2D eigenvalue weighted by atomic mass is 10.1. The summed E-state index contributed by atoms with van der Waals surface area (Å²) in [4.78, 5) is 24.1. The van der Waals surface area contributed by atoms with Crippen LogP contribution in [0, 0.1) is 20.8 Å². The molecule has 142 valence electrons. The van der Waals surface area contributed by atoms with Gasteiger partial charge in [-0.2, -0.15) is 5.10 Å². The summed E-state index contributed by atoms with van der Waals surface area (Å²) >= 11 is 1.54. The maximum Gasteiger partial charge on any atom is 0.281 e. The molecule has 0 N–H and O–H groups in total. The fourth-order valence-corrected chi connectivity index (χ4v) is 4.32. The van der Waals surface area contributed by atoms with Gasteiger partial charge in [0.1, 0.15) is 0 Å². The van der Waals surface area contributed by atoms with Crippen LogP contribution >= 0.6 is 11.3 Å². The molecule has 3 aromatic heterocycles. The van der Waals surface area contributed by atoms with Crippen molar-refractivity contribution >= 4 is 32.6 Å². The highest BCUT2D eigenvalue weighted by atomic mass is 32.1. The predicted molar refractivity (Wildman–Crippen MR) is 112 cm³/mol. The first kappa shape index (κ1) is 18.3. The maximum atomic E-state index is 13.4. The molecule has 1 amide bonds. The van der Waals surface area contributed by atoms with Crippen molar-refractivity contribution in [3.63, 3.8) is 0 Å². The monoisotopic (exact) mass is 391 g/mol. The average molecular weight is 392 g/mol. The number of anilines is 1.